The van der Waals surface area contributed by atoms with E-state index in [1.165, 1.54) is 6.08 Å². The molecule has 2 rings (SSSR count). The average molecular weight is 282 g/mol. The molecule has 0 heterocycles. The lowest BCUT2D eigenvalue weighted by molar-refractivity contribution is -0.129. The van der Waals surface area contributed by atoms with E-state index >= 15 is 0 Å². The summed E-state index contributed by atoms with van der Waals surface area (Å²) < 4.78 is 5.37. The van der Waals surface area contributed by atoms with Crippen molar-refractivity contribution < 1.29 is 9.53 Å². The molecule has 0 fully saturated rings. The van der Waals surface area contributed by atoms with Crippen LogP contribution in [0.15, 0.2) is 42.5 Å². The van der Waals surface area contributed by atoms with Gasteiger partial charge in [0.2, 0.25) is 0 Å². The van der Waals surface area contributed by atoms with E-state index in [0.717, 1.165) is 16.7 Å². The quantitative estimate of drug-likeness (QED) is 0.392. The lowest BCUT2D eigenvalue weighted by atomic mass is 10.1. The van der Waals surface area contributed by atoms with E-state index in [1.807, 2.05) is 26.0 Å². The van der Waals surface area contributed by atoms with Crippen molar-refractivity contribution in [1.29, 1.82) is 0 Å². The number of ether oxygens (including phenoxy) is 1. The molecule has 0 atom stereocenters. The fraction of sp³-hybridized carbons (Fsp3) is 0.118. The van der Waals surface area contributed by atoms with Gasteiger partial charge in [-0.1, -0.05) is 12.1 Å². The first kappa shape index (κ1) is 14.7. The van der Waals surface area contributed by atoms with Crippen molar-refractivity contribution in [3.63, 3.8) is 0 Å². The first-order chi connectivity index (χ1) is 9.95. The molecule has 4 heteroatoms. The van der Waals surface area contributed by atoms with Gasteiger partial charge in [0.1, 0.15) is 5.75 Å². The second-order valence-corrected chi connectivity index (χ2v) is 4.90. The zero-order chi connectivity index (χ0) is 15.4. The Balaban J connectivity index is 2.10. The Labute approximate surface area is 124 Å². The summed E-state index contributed by atoms with van der Waals surface area (Å²) in [5.41, 5.74) is 15.2. The van der Waals surface area contributed by atoms with E-state index in [9.17, 15) is 4.79 Å². The van der Waals surface area contributed by atoms with Crippen LogP contribution in [0.25, 0.3) is 6.08 Å². The third-order valence-corrected chi connectivity index (χ3v) is 3.03. The lowest BCUT2D eigenvalue weighted by Crippen LogP contribution is -2.06. The lowest BCUT2D eigenvalue weighted by Gasteiger charge is -2.10. The Morgan fingerprint density at radius 2 is 1.57 bits per heavy atom. The predicted octanol–water partition coefficient (Wildman–Crippen LogP) is 3.09. The standard InChI is InChI=1S/C17H18N2O2/c1-11-9-15(19)10-12(2)17(11)21-16(20)8-5-13-3-6-14(18)7-4-13/h3-10H,18-19H2,1-2H3/b8-5+. The Kier molecular flexibility index (Phi) is 4.28. The normalized spacial score (nSPS) is 10.8. The maximum Gasteiger partial charge on any atom is 0.336 e. The van der Waals surface area contributed by atoms with Crippen molar-refractivity contribution in [3.05, 3.63) is 59.2 Å². The largest absolute Gasteiger partial charge is 0.423 e. The molecular weight excluding hydrogens is 264 g/mol. The molecule has 0 aliphatic heterocycles. The van der Waals surface area contributed by atoms with Gasteiger partial charge in [-0.3, -0.25) is 0 Å². The Morgan fingerprint density at radius 1 is 1.00 bits per heavy atom. The summed E-state index contributed by atoms with van der Waals surface area (Å²) in [7, 11) is 0. The first-order valence-electron chi connectivity index (χ1n) is 6.58. The van der Waals surface area contributed by atoms with Gasteiger partial charge in [0.15, 0.2) is 0 Å². The summed E-state index contributed by atoms with van der Waals surface area (Å²) >= 11 is 0. The van der Waals surface area contributed by atoms with Gasteiger partial charge in [-0.25, -0.2) is 4.79 Å². The molecule has 0 saturated carbocycles. The molecular formula is C17H18N2O2. The van der Waals surface area contributed by atoms with Gasteiger partial charge in [-0.05, 0) is 60.9 Å². The van der Waals surface area contributed by atoms with E-state index in [0.29, 0.717) is 17.1 Å². The monoisotopic (exact) mass is 282 g/mol. The highest BCUT2D eigenvalue weighted by Crippen LogP contribution is 2.26. The molecule has 0 saturated heterocycles. The molecule has 21 heavy (non-hydrogen) atoms. The predicted molar refractivity (Wildman–Crippen MR) is 85.9 cm³/mol. The van der Waals surface area contributed by atoms with E-state index in [4.69, 9.17) is 16.2 Å². The maximum atomic E-state index is 11.9. The van der Waals surface area contributed by atoms with E-state index in [2.05, 4.69) is 0 Å². The highest BCUT2D eigenvalue weighted by Gasteiger charge is 2.08. The Hall–Kier alpha value is -2.75. The highest BCUT2D eigenvalue weighted by atomic mass is 16.5. The molecule has 0 bridgehead atoms. The summed E-state index contributed by atoms with van der Waals surface area (Å²) in [5.74, 6) is 0.124. The number of esters is 1. The maximum absolute atomic E-state index is 11.9. The molecule has 0 aliphatic rings. The van der Waals surface area contributed by atoms with Crippen LogP contribution in [0.3, 0.4) is 0 Å². The van der Waals surface area contributed by atoms with Gasteiger partial charge in [-0.2, -0.15) is 0 Å². The number of hydrogen-bond donors (Lipinski definition) is 2. The van der Waals surface area contributed by atoms with Gasteiger partial charge in [-0.15, -0.1) is 0 Å². The van der Waals surface area contributed by atoms with E-state index in [-0.39, 0.29) is 0 Å². The average Bonchev–Trinajstić information content (AvgIpc) is 2.42. The van der Waals surface area contributed by atoms with Crippen molar-refractivity contribution >= 4 is 23.4 Å². The number of anilines is 2. The molecule has 0 aliphatic carbocycles. The van der Waals surface area contributed by atoms with Gasteiger partial charge >= 0.3 is 5.97 Å². The summed E-state index contributed by atoms with van der Waals surface area (Å²) in [6, 6.07) is 10.8. The molecule has 0 aromatic heterocycles. The molecule has 0 amide bonds. The number of carbonyl (C=O) groups is 1. The Bertz CT molecular complexity index is 665. The number of nitrogens with two attached hydrogens (primary N) is 2. The topological polar surface area (TPSA) is 78.3 Å². The van der Waals surface area contributed by atoms with Crippen LogP contribution in [0, 0.1) is 13.8 Å². The van der Waals surface area contributed by atoms with Crippen molar-refractivity contribution in [2.75, 3.05) is 11.5 Å². The van der Waals surface area contributed by atoms with Crippen LogP contribution >= 0.6 is 0 Å². The zero-order valence-corrected chi connectivity index (χ0v) is 12.1. The summed E-state index contributed by atoms with van der Waals surface area (Å²) in [6.45, 7) is 3.71. The van der Waals surface area contributed by atoms with Gasteiger partial charge < -0.3 is 16.2 Å². The fourth-order valence-corrected chi connectivity index (χ4v) is 2.05. The Morgan fingerprint density at radius 3 is 2.14 bits per heavy atom. The first-order valence-corrected chi connectivity index (χ1v) is 6.58. The number of benzene rings is 2. The second kappa shape index (κ2) is 6.13. The minimum absolute atomic E-state index is 0.428. The van der Waals surface area contributed by atoms with Crippen LogP contribution < -0.4 is 16.2 Å². The smallest absolute Gasteiger partial charge is 0.336 e. The van der Waals surface area contributed by atoms with Crippen molar-refractivity contribution in [2.24, 2.45) is 0 Å². The molecule has 4 N–H and O–H groups in total. The van der Waals surface area contributed by atoms with Gasteiger partial charge in [0.25, 0.3) is 0 Å². The zero-order valence-electron chi connectivity index (χ0n) is 12.1. The van der Waals surface area contributed by atoms with Crippen LogP contribution in [0.1, 0.15) is 16.7 Å². The van der Waals surface area contributed by atoms with Gasteiger partial charge in [0, 0.05) is 17.5 Å². The molecule has 2 aromatic rings. The number of aryl methyl sites for hydroxylation is 2. The number of hydrogen-bond acceptors (Lipinski definition) is 4. The number of rotatable bonds is 3. The molecule has 0 spiro atoms. The molecule has 0 radical (unpaired) electrons. The van der Waals surface area contributed by atoms with Crippen LogP contribution in [-0.4, -0.2) is 5.97 Å². The second-order valence-electron chi connectivity index (χ2n) is 4.90. The minimum Gasteiger partial charge on any atom is -0.423 e. The highest BCUT2D eigenvalue weighted by molar-refractivity contribution is 5.89. The van der Waals surface area contributed by atoms with E-state index in [1.54, 1.807) is 30.3 Å². The molecule has 2 aromatic carbocycles. The third-order valence-electron chi connectivity index (χ3n) is 3.03. The molecule has 0 unspecified atom stereocenters. The van der Waals surface area contributed by atoms with Crippen LogP contribution in [0.2, 0.25) is 0 Å². The number of carbonyl (C=O) groups excluding carboxylic acids is 1. The van der Waals surface area contributed by atoms with Gasteiger partial charge in [0.05, 0.1) is 0 Å². The summed E-state index contributed by atoms with van der Waals surface area (Å²) in [4.78, 5) is 11.9. The van der Waals surface area contributed by atoms with Crippen LogP contribution in [-0.2, 0) is 4.79 Å². The van der Waals surface area contributed by atoms with E-state index < -0.39 is 5.97 Å². The van der Waals surface area contributed by atoms with Crippen molar-refractivity contribution in [3.8, 4) is 5.75 Å². The molecule has 108 valence electrons. The summed E-state index contributed by atoms with van der Waals surface area (Å²) in [5, 5.41) is 0. The van der Waals surface area contributed by atoms with Crippen molar-refractivity contribution in [2.45, 2.75) is 13.8 Å². The minimum atomic E-state index is -0.428. The summed E-state index contributed by atoms with van der Waals surface area (Å²) in [6.07, 6.45) is 3.07. The fourth-order valence-electron chi connectivity index (χ4n) is 2.05. The number of nitrogen functional groups attached to an aromatic ring is 2. The van der Waals surface area contributed by atoms with Crippen LogP contribution in [0.5, 0.6) is 5.75 Å². The SMILES string of the molecule is Cc1cc(N)cc(C)c1OC(=O)/C=C/c1ccc(N)cc1. The van der Waals surface area contributed by atoms with Crippen LogP contribution in [0.4, 0.5) is 11.4 Å². The molecule has 4 nitrogen and oxygen atoms in total. The van der Waals surface area contributed by atoms with Crippen molar-refractivity contribution in [1.82, 2.24) is 0 Å². The third kappa shape index (κ3) is 3.86.